The Labute approximate surface area is 195 Å². The van der Waals surface area contributed by atoms with E-state index in [-0.39, 0.29) is 5.91 Å². The average Bonchev–Trinajstić information content (AvgIpc) is 3.19. The van der Waals surface area contributed by atoms with E-state index in [1.807, 2.05) is 54.6 Å². The van der Waals surface area contributed by atoms with Crippen molar-refractivity contribution < 1.29 is 9.69 Å². The highest BCUT2D eigenvalue weighted by molar-refractivity contribution is 7.99. The Morgan fingerprint density at radius 2 is 1.78 bits per heavy atom. The molecule has 0 bridgehead atoms. The van der Waals surface area contributed by atoms with E-state index in [0.717, 1.165) is 53.6 Å². The van der Waals surface area contributed by atoms with Gasteiger partial charge in [-0.1, -0.05) is 80.6 Å². The molecule has 3 rings (SSSR count). The molecule has 1 atom stereocenters. The minimum atomic E-state index is -0.0461. The number of rotatable bonds is 11. The highest BCUT2D eigenvalue weighted by Crippen LogP contribution is 2.28. The van der Waals surface area contributed by atoms with Gasteiger partial charge in [-0.3, -0.25) is 4.79 Å². The van der Waals surface area contributed by atoms with Gasteiger partial charge >= 0.3 is 0 Å². The minimum Gasteiger partial charge on any atom is -0.331 e. The van der Waals surface area contributed by atoms with Crippen LogP contribution in [0.1, 0.15) is 45.0 Å². The molecule has 32 heavy (non-hydrogen) atoms. The second-order valence-electron chi connectivity index (χ2n) is 8.13. The molecule has 0 aliphatic carbocycles. The Balaban J connectivity index is 1.72. The summed E-state index contributed by atoms with van der Waals surface area (Å²) < 4.78 is 2.21. The second kappa shape index (κ2) is 11.8. The third-order valence-corrected chi connectivity index (χ3v) is 6.48. The second-order valence-corrected chi connectivity index (χ2v) is 9.08. The van der Waals surface area contributed by atoms with Crippen molar-refractivity contribution in [2.75, 3.05) is 25.2 Å². The molecule has 0 fully saturated rings. The molecule has 0 unspecified atom stereocenters. The van der Waals surface area contributed by atoms with Gasteiger partial charge in [0.1, 0.15) is 6.04 Å². The van der Waals surface area contributed by atoms with Crippen molar-refractivity contribution in [1.82, 2.24) is 14.8 Å². The van der Waals surface area contributed by atoms with Gasteiger partial charge in [0.15, 0.2) is 11.0 Å². The zero-order valence-corrected chi connectivity index (χ0v) is 20.3. The van der Waals surface area contributed by atoms with Gasteiger partial charge in [0.05, 0.1) is 19.8 Å². The smallest absolute Gasteiger partial charge is 0.234 e. The van der Waals surface area contributed by atoms with Crippen LogP contribution in [0.2, 0.25) is 0 Å². The normalized spacial score (nSPS) is 12.2. The number of nitrogens with zero attached hydrogens (tertiary/aromatic N) is 3. The Bertz CT molecular complexity index is 1000. The van der Waals surface area contributed by atoms with Crippen LogP contribution in [0.4, 0.5) is 5.69 Å². The molecule has 7 heteroatoms. The van der Waals surface area contributed by atoms with Crippen molar-refractivity contribution in [3.8, 4) is 11.1 Å². The maximum Gasteiger partial charge on any atom is 0.234 e. The molecule has 6 nitrogen and oxygen atoms in total. The molecule has 0 aliphatic rings. The molecule has 0 spiro atoms. The van der Waals surface area contributed by atoms with E-state index in [2.05, 4.69) is 48.0 Å². The first-order valence-electron chi connectivity index (χ1n) is 11.3. The maximum atomic E-state index is 12.8. The van der Waals surface area contributed by atoms with E-state index in [0.29, 0.717) is 11.8 Å². The van der Waals surface area contributed by atoms with Gasteiger partial charge in [-0.25, -0.2) is 0 Å². The molecule has 0 saturated heterocycles. The summed E-state index contributed by atoms with van der Waals surface area (Å²) in [7, 11) is 4.30. The summed E-state index contributed by atoms with van der Waals surface area (Å²) in [6, 6.07) is 18.3. The number of benzene rings is 2. The molecular formula is C25H34N5OS+. The first-order chi connectivity index (χ1) is 15.5. The zero-order chi connectivity index (χ0) is 22.9. The highest BCUT2D eigenvalue weighted by Gasteiger charge is 2.25. The number of carbonyl (C=O) groups excluding carboxylic acids is 1. The Morgan fingerprint density at radius 3 is 2.47 bits per heavy atom. The number of anilines is 1. The minimum absolute atomic E-state index is 0.0461. The number of nitrogens with one attached hydrogen (secondary N) is 2. The van der Waals surface area contributed by atoms with Gasteiger partial charge in [-0.05, 0) is 18.1 Å². The summed E-state index contributed by atoms with van der Waals surface area (Å²) in [6.07, 6.45) is 3.16. The lowest BCUT2D eigenvalue weighted by Crippen LogP contribution is -3.06. The third kappa shape index (κ3) is 5.99. The number of unbranched alkanes of at least 4 members (excludes halogenated alkanes) is 1. The summed E-state index contributed by atoms with van der Waals surface area (Å²) in [6.45, 7) is 5.24. The molecular weight excluding hydrogens is 418 g/mol. The van der Waals surface area contributed by atoms with Gasteiger partial charge in [0, 0.05) is 24.2 Å². The summed E-state index contributed by atoms with van der Waals surface area (Å²) >= 11 is 1.46. The summed E-state index contributed by atoms with van der Waals surface area (Å²) in [4.78, 5) is 14.1. The molecule has 3 aromatic rings. The Morgan fingerprint density at radius 1 is 1.06 bits per heavy atom. The number of amides is 1. The van der Waals surface area contributed by atoms with E-state index < -0.39 is 0 Å². The fraction of sp³-hybridized carbons (Fsp3) is 0.400. The first-order valence-corrected chi connectivity index (χ1v) is 12.3. The van der Waals surface area contributed by atoms with Crippen LogP contribution in [-0.4, -0.2) is 40.5 Å². The van der Waals surface area contributed by atoms with Crippen molar-refractivity contribution in [3.05, 3.63) is 60.4 Å². The first kappa shape index (κ1) is 24.0. The zero-order valence-electron chi connectivity index (χ0n) is 19.5. The van der Waals surface area contributed by atoms with Crippen LogP contribution < -0.4 is 10.2 Å². The molecule has 0 saturated carbocycles. The molecule has 0 aliphatic heterocycles. The largest absolute Gasteiger partial charge is 0.331 e. The van der Waals surface area contributed by atoms with E-state index >= 15 is 0 Å². The molecule has 2 aromatic carbocycles. The number of hydrogen-bond acceptors (Lipinski definition) is 4. The predicted octanol–water partition coefficient (Wildman–Crippen LogP) is 4.07. The van der Waals surface area contributed by atoms with E-state index in [9.17, 15) is 4.79 Å². The van der Waals surface area contributed by atoms with Crippen molar-refractivity contribution in [2.24, 2.45) is 0 Å². The molecule has 2 N–H and O–H groups in total. The van der Waals surface area contributed by atoms with Crippen molar-refractivity contribution >= 4 is 23.4 Å². The standard InChI is InChI=1S/C25H33N5OS/c1-5-7-17-30-24(22(6-2)29(3)4)27-28-25(30)32-18-23(31)26-21-16-12-11-15-20(21)19-13-9-8-10-14-19/h8-16,22H,5-7,17-18H2,1-4H3,(H,26,31)/p+1/t22-/m0/s1. The monoisotopic (exact) mass is 452 g/mol. The van der Waals surface area contributed by atoms with Gasteiger partial charge in [0.2, 0.25) is 5.91 Å². The van der Waals surface area contributed by atoms with Gasteiger partial charge in [-0.2, -0.15) is 0 Å². The number of aromatic nitrogens is 3. The van der Waals surface area contributed by atoms with Crippen LogP contribution in [0.3, 0.4) is 0 Å². The van der Waals surface area contributed by atoms with Gasteiger partial charge < -0.3 is 14.8 Å². The summed E-state index contributed by atoms with van der Waals surface area (Å²) in [5.74, 6) is 1.26. The molecule has 1 amide bonds. The van der Waals surface area contributed by atoms with Crippen molar-refractivity contribution in [3.63, 3.8) is 0 Å². The lowest BCUT2D eigenvalue weighted by atomic mass is 10.0. The maximum absolute atomic E-state index is 12.8. The SMILES string of the molecule is CCCCn1c(SCC(=O)Nc2ccccc2-c2ccccc2)nnc1[C@H](CC)[NH+](C)C. The molecule has 0 radical (unpaired) electrons. The highest BCUT2D eigenvalue weighted by atomic mass is 32.2. The van der Waals surface area contributed by atoms with E-state index in [4.69, 9.17) is 0 Å². The molecule has 1 aromatic heterocycles. The quantitative estimate of drug-likeness (QED) is 0.431. The van der Waals surface area contributed by atoms with Gasteiger partial charge in [0.25, 0.3) is 0 Å². The van der Waals surface area contributed by atoms with Crippen LogP contribution in [0.15, 0.2) is 59.8 Å². The summed E-state index contributed by atoms with van der Waals surface area (Å²) in [5.41, 5.74) is 2.91. The molecule has 170 valence electrons. The Kier molecular flexibility index (Phi) is 8.88. The predicted molar refractivity (Wildman–Crippen MR) is 132 cm³/mol. The number of quaternary nitrogens is 1. The summed E-state index contributed by atoms with van der Waals surface area (Å²) in [5, 5.41) is 12.9. The lowest BCUT2D eigenvalue weighted by molar-refractivity contribution is -0.893. The van der Waals surface area contributed by atoms with Crippen molar-refractivity contribution in [2.45, 2.75) is 50.9 Å². The van der Waals surface area contributed by atoms with Gasteiger partial charge in [-0.15, -0.1) is 10.2 Å². The topological polar surface area (TPSA) is 64.2 Å². The van der Waals surface area contributed by atoms with Crippen LogP contribution in [0.5, 0.6) is 0 Å². The fourth-order valence-electron chi connectivity index (χ4n) is 3.82. The van der Waals surface area contributed by atoms with E-state index in [1.165, 1.54) is 16.7 Å². The van der Waals surface area contributed by atoms with Crippen LogP contribution >= 0.6 is 11.8 Å². The number of hydrogen-bond donors (Lipinski definition) is 2. The van der Waals surface area contributed by atoms with Crippen molar-refractivity contribution in [1.29, 1.82) is 0 Å². The number of carbonyl (C=O) groups is 1. The third-order valence-electron chi connectivity index (χ3n) is 5.52. The average molecular weight is 453 g/mol. The lowest BCUT2D eigenvalue weighted by Gasteiger charge is -2.20. The van der Waals surface area contributed by atoms with E-state index in [1.54, 1.807) is 0 Å². The van der Waals surface area contributed by atoms with Crippen LogP contribution in [0, 0.1) is 0 Å². The van der Waals surface area contributed by atoms with Crippen LogP contribution in [0.25, 0.3) is 11.1 Å². The fourth-order valence-corrected chi connectivity index (χ4v) is 4.59. The molecule has 1 heterocycles. The number of thioether (sulfide) groups is 1. The van der Waals surface area contributed by atoms with Crippen LogP contribution in [-0.2, 0) is 11.3 Å². The Hall–Kier alpha value is -2.64. The number of para-hydroxylation sites is 1.